The monoisotopic (exact) mass is 424 g/mol. The maximum absolute atomic E-state index is 12.5. The zero-order valence-corrected chi connectivity index (χ0v) is 18.0. The number of aromatic nitrogens is 2. The smallest absolute Gasteiger partial charge is 0.267 e. The van der Waals surface area contributed by atoms with E-state index in [4.69, 9.17) is 5.26 Å². The average Bonchev–Trinajstić information content (AvgIpc) is 2.79. The van der Waals surface area contributed by atoms with Crippen LogP contribution in [-0.4, -0.2) is 27.8 Å². The summed E-state index contributed by atoms with van der Waals surface area (Å²) in [7, 11) is 0. The van der Waals surface area contributed by atoms with Gasteiger partial charge in [0.25, 0.3) is 5.56 Å². The minimum absolute atomic E-state index is 0.180. The molecule has 32 heavy (non-hydrogen) atoms. The van der Waals surface area contributed by atoms with E-state index in [0.29, 0.717) is 30.1 Å². The Morgan fingerprint density at radius 1 is 1.06 bits per heavy atom. The standard InChI is InChI=1S/C26H24N4O2/c1-18-8-9-24(28-16-23(31)12-18)21-6-3-5-20(14-21)17-30-26(32)11-10-25(29-30)22-7-2-4-19(13-22)15-27/h2-7,10-11,13-14,18H,8-9,12,16-17H2,1H3. The van der Waals surface area contributed by atoms with Gasteiger partial charge in [0.1, 0.15) is 0 Å². The molecule has 4 rings (SSSR count). The summed E-state index contributed by atoms with van der Waals surface area (Å²) in [6.07, 6.45) is 2.36. The number of nitriles is 1. The highest BCUT2D eigenvalue weighted by Crippen LogP contribution is 2.19. The number of carbonyl (C=O) groups is 1. The number of nitrogens with zero attached hydrogens (tertiary/aromatic N) is 4. The summed E-state index contributed by atoms with van der Waals surface area (Å²) in [5, 5.41) is 13.7. The summed E-state index contributed by atoms with van der Waals surface area (Å²) < 4.78 is 1.43. The first-order valence-corrected chi connectivity index (χ1v) is 10.7. The third-order valence-electron chi connectivity index (χ3n) is 5.64. The van der Waals surface area contributed by atoms with E-state index in [9.17, 15) is 9.59 Å². The summed E-state index contributed by atoms with van der Waals surface area (Å²) >= 11 is 0. The van der Waals surface area contributed by atoms with Crippen molar-refractivity contribution in [2.24, 2.45) is 10.9 Å². The lowest BCUT2D eigenvalue weighted by Crippen LogP contribution is -2.23. The number of rotatable bonds is 4. The van der Waals surface area contributed by atoms with Crippen LogP contribution in [0.1, 0.15) is 42.9 Å². The second-order valence-corrected chi connectivity index (χ2v) is 8.26. The van der Waals surface area contributed by atoms with Crippen molar-refractivity contribution in [1.82, 2.24) is 9.78 Å². The third-order valence-corrected chi connectivity index (χ3v) is 5.64. The number of Topliss-reactive ketones (excluding diaryl/α,β-unsaturated/α-hetero) is 1. The van der Waals surface area contributed by atoms with Crippen LogP contribution in [0, 0.1) is 17.2 Å². The van der Waals surface area contributed by atoms with Gasteiger partial charge in [0.15, 0.2) is 5.78 Å². The van der Waals surface area contributed by atoms with Crippen LogP contribution in [0.3, 0.4) is 0 Å². The van der Waals surface area contributed by atoms with Gasteiger partial charge in [-0.2, -0.15) is 10.4 Å². The second kappa shape index (κ2) is 9.52. The van der Waals surface area contributed by atoms with Crippen molar-refractivity contribution in [1.29, 1.82) is 5.26 Å². The molecule has 3 aromatic rings. The van der Waals surface area contributed by atoms with E-state index in [1.807, 2.05) is 30.3 Å². The molecule has 6 heteroatoms. The van der Waals surface area contributed by atoms with Gasteiger partial charge in [-0.05, 0) is 54.2 Å². The molecule has 160 valence electrons. The first kappa shape index (κ1) is 21.4. The van der Waals surface area contributed by atoms with Gasteiger partial charge < -0.3 is 0 Å². The quantitative estimate of drug-likeness (QED) is 0.633. The van der Waals surface area contributed by atoms with Crippen LogP contribution in [0.5, 0.6) is 0 Å². The zero-order valence-electron chi connectivity index (χ0n) is 18.0. The normalized spacial score (nSPS) is 16.6. The molecule has 0 spiro atoms. The molecule has 0 N–H and O–H groups in total. The highest BCUT2D eigenvalue weighted by molar-refractivity contribution is 6.02. The van der Waals surface area contributed by atoms with Crippen molar-refractivity contribution in [2.45, 2.75) is 32.7 Å². The third kappa shape index (κ3) is 5.06. The Morgan fingerprint density at radius 3 is 2.72 bits per heavy atom. The van der Waals surface area contributed by atoms with Gasteiger partial charge in [0.2, 0.25) is 0 Å². The predicted molar refractivity (Wildman–Crippen MR) is 124 cm³/mol. The van der Waals surface area contributed by atoms with E-state index in [2.05, 4.69) is 23.1 Å². The van der Waals surface area contributed by atoms with Crippen LogP contribution >= 0.6 is 0 Å². The minimum atomic E-state index is -0.196. The highest BCUT2D eigenvalue weighted by atomic mass is 16.1. The first-order chi connectivity index (χ1) is 15.5. The number of benzene rings is 2. The lowest BCUT2D eigenvalue weighted by molar-refractivity contribution is -0.118. The Hall–Kier alpha value is -3.85. The molecule has 1 unspecified atom stereocenters. The Kier molecular flexibility index (Phi) is 6.37. The summed E-state index contributed by atoms with van der Waals surface area (Å²) in [5.41, 5.74) is 4.62. The molecular formula is C26H24N4O2. The first-order valence-electron chi connectivity index (χ1n) is 10.7. The fourth-order valence-corrected chi connectivity index (χ4v) is 3.92. The van der Waals surface area contributed by atoms with Crippen LogP contribution in [0.2, 0.25) is 0 Å². The predicted octanol–water partition coefficient (Wildman–Crippen LogP) is 4.01. The fourth-order valence-electron chi connectivity index (χ4n) is 3.92. The fraction of sp³-hybridized carbons (Fsp3) is 0.269. The van der Waals surface area contributed by atoms with E-state index in [1.54, 1.807) is 24.3 Å². The molecule has 1 atom stereocenters. The van der Waals surface area contributed by atoms with E-state index in [0.717, 1.165) is 35.2 Å². The molecule has 0 fully saturated rings. The summed E-state index contributed by atoms with van der Waals surface area (Å²) in [6, 6.07) is 20.4. The van der Waals surface area contributed by atoms with Crippen molar-refractivity contribution < 1.29 is 4.79 Å². The summed E-state index contributed by atoms with van der Waals surface area (Å²) in [5.74, 6) is 0.542. The number of hydrogen-bond donors (Lipinski definition) is 0. The molecule has 6 nitrogen and oxygen atoms in total. The molecule has 0 bridgehead atoms. The highest BCUT2D eigenvalue weighted by Gasteiger charge is 2.15. The van der Waals surface area contributed by atoms with Crippen LogP contribution in [0.25, 0.3) is 11.3 Å². The summed E-state index contributed by atoms with van der Waals surface area (Å²) in [6.45, 7) is 2.66. The molecular weight excluding hydrogens is 400 g/mol. The molecule has 1 aliphatic heterocycles. The van der Waals surface area contributed by atoms with Crippen molar-refractivity contribution in [3.8, 4) is 17.3 Å². The molecule has 0 radical (unpaired) electrons. The molecule has 2 heterocycles. The van der Waals surface area contributed by atoms with Crippen molar-refractivity contribution in [3.63, 3.8) is 0 Å². The minimum Gasteiger partial charge on any atom is -0.298 e. The molecule has 0 saturated carbocycles. The Labute approximate surface area is 186 Å². The Morgan fingerprint density at radius 2 is 1.88 bits per heavy atom. The van der Waals surface area contributed by atoms with Crippen molar-refractivity contribution >= 4 is 11.5 Å². The lowest BCUT2D eigenvalue weighted by Gasteiger charge is -2.16. The van der Waals surface area contributed by atoms with Gasteiger partial charge in [0, 0.05) is 23.8 Å². The zero-order chi connectivity index (χ0) is 22.5. The van der Waals surface area contributed by atoms with E-state index in [1.165, 1.54) is 10.7 Å². The number of aliphatic imine (C=N–C) groups is 1. The van der Waals surface area contributed by atoms with Gasteiger partial charge in [0.05, 0.1) is 30.4 Å². The SMILES string of the molecule is CC1CCC(c2cccc(Cn3nc(-c4cccc(C#N)c4)ccc3=O)c2)=NCC(=O)C1. The van der Waals surface area contributed by atoms with Crippen LogP contribution in [0.15, 0.2) is 70.5 Å². The van der Waals surface area contributed by atoms with E-state index in [-0.39, 0.29) is 17.9 Å². The van der Waals surface area contributed by atoms with Crippen LogP contribution in [0.4, 0.5) is 0 Å². The number of carbonyl (C=O) groups excluding carboxylic acids is 1. The van der Waals surface area contributed by atoms with Crippen molar-refractivity contribution in [3.05, 3.63) is 87.7 Å². The topological polar surface area (TPSA) is 88.1 Å². The van der Waals surface area contributed by atoms with Gasteiger partial charge in [-0.15, -0.1) is 0 Å². The Bertz CT molecular complexity index is 1280. The number of ketones is 1. The van der Waals surface area contributed by atoms with Gasteiger partial charge in [-0.1, -0.05) is 37.3 Å². The van der Waals surface area contributed by atoms with Crippen LogP contribution in [-0.2, 0) is 11.3 Å². The number of hydrogen-bond acceptors (Lipinski definition) is 5. The molecule has 0 amide bonds. The average molecular weight is 425 g/mol. The Balaban J connectivity index is 1.61. The molecule has 2 aromatic carbocycles. The summed E-state index contributed by atoms with van der Waals surface area (Å²) in [4.78, 5) is 29.0. The lowest BCUT2D eigenvalue weighted by atomic mass is 9.93. The molecule has 1 aromatic heterocycles. The molecule has 1 aliphatic rings. The maximum Gasteiger partial charge on any atom is 0.267 e. The van der Waals surface area contributed by atoms with Gasteiger partial charge in [-0.3, -0.25) is 14.6 Å². The van der Waals surface area contributed by atoms with Crippen LogP contribution < -0.4 is 5.56 Å². The van der Waals surface area contributed by atoms with E-state index < -0.39 is 0 Å². The molecule has 0 saturated heterocycles. The molecule has 0 aliphatic carbocycles. The van der Waals surface area contributed by atoms with Gasteiger partial charge >= 0.3 is 0 Å². The van der Waals surface area contributed by atoms with E-state index >= 15 is 0 Å². The second-order valence-electron chi connectivity index (χ2n) is 8.26. The largest absolute Gasteiger partial charge is 0.298 e. The van der Waals surface area contributed by atoms with Gasteiger partial charge in [-0.25, -0.2) is 4.68 Å². The maximum atomic E-state index is 12.5. The van der Waals surface area contributed by atoms with Crippen molar-refractivity contribution in [2.75, 3.05) is 6.54 Å².